The Hall–Kier alpha value is -6.25. The molecule has 3 aliphatic heterocycles. The number of nitrogens with one attached hydrogen (secondary N) is 2. The van der Waals surface area contributed by atoms with Gasteiger partial charge in [0.1, 0.15) is 23.4 Å². The second-order valence-corrected chi connectivity index (χ2v) is 14.7. The summed E-state index contributed by atoms with van der Waals surface area (Å²) in [5.41, 5.74) is 5.72. The molecule has 0 radical (unpaired) electrons. The van der Waals surface area contributed by atoms with Gasteiger partial charge in [0.2, 0.25) is 0 Å². The zero-order chi connectivity index (χ0) is 44.3. The van der Waals surface area contributed by atoms with Crippen LogP contribution < -0.4 is 21.2 Å². The van der Waals surface area contributed by atoms with E-state index in [9.17, 15) is 50.0 Å². The number of methoxy groups -OCH3 is 1. The van der Waals surface area contributed by atoms with Crippen molar-refractivity contribution in [3.63, 3.8) is 0 Å². The summed E-state index contributed by atoms with van der Waals surface area (Å²) in [5, 5.41) is 76.2. The number of rotatable bonds is 5. The second-order valence-electron chi connectivity index (χ2n) is 14.7. The first-order chi connectivity index (χ1) is 27.6. The highest BCUT2D eigenvalue weighted by Crippen LogP contribution is 2.55. The normalized spacial score (nSPS) is 30.3. The van der Waals surface area contributed by atoms with Gasteiger partial charge >= 0.3 is 11.8 Å². The number of esters is 1. The van der Waals surface area contributed by atoms with Gasteiger partial charge in [-0.3, -0.25) is 14.4 Å². The summed E-state index contributed by atoms with van der Waals surface area (Å²) in [5.74, 6) is -10.4. The number of allylic oxidation sites excluding steroid dienone is 2. The van der Waals surface area contributed by atoms with Crippen molar-refractivity contribution < 1.29 is 63.9 Å². The SMILES string of the molecule is COC1/C=C/OC2(C)Oc3c(C)c(O)c4c(O)c(c(/C=N\N=C(N)N[N+](=O)[O-])c(O)c4c3C2=O)NC(=O)/C(C)=C/C=C/C(C)C(O)C(C)C(O)C(C)C(OC(C)=O)C1C. The number of hydrogen-bond donors (Lipinski definition) is 8. The lowest BCUT2D eigenvalue weighted by Crippen LogP contribution is -2.46. The van der Waals surface area contributed by atoms with Crippen LogP contribution in [-0.4, -0.2) is 97.7 Å². The molecule has 3 heterocycles. The largest absolute Gasteiger partial charge is 0.507 e. The van der Waals surface area contributed by atoms with Crippen molar-refractivity contribution in [3.05, 3.63) is 62.9 Å². The lowest BCUT2D eigenvalue weighted by molar-refractivity contribution is -0.525. The number of Topliss-reactive ketones (excluding diaryl/α,β-unsaturated/α-hetero) is 1. The number of aromatic hydroxyl groups is 3. The number of carbonyl (C=O) groups excluding carboxylic acids is 3. The number of benzene rings is 2. The average Bonchev–Trinajstić information content (AvgIpc) is 3.43. The van der Waals surface area contributed by atoms with Crippen molar-refractivity contribution in [1.82, 2.24) is 5.43 Å². The average molecular weight is 827 g/mol. The maximum absolute atomic E-state index is 14.3. The first-order valence-electron chi connectivity index (χ1n) is 18.4. The minimum atomic E-state index is -2.15. The van der Waals surface area contributed by atoms with E-state index >= 15 is 0 Å². The van der Waals surface area contributed by atoms with Gasteiger partial charge in [0.15, 0.2) is 10.8 Å². The summed E-state index contributed by atoms with van der Waals surface area (Å²) < 4.78 is 23.3. The molecule has 3 aliphatic rings. The molecule has 9 atom stereocenters. The number of ether oxygens (including phenoxy) is 4. The first kappa shape index (κ1) is 45.5. The molecule has 20 nitrogen and oxygen atoms in total. The summed E-state index contributed by atoms with van der Waals surface area (Å²) in [6.45, 7) is 12.0. The number of aliphatic hydroxyl groups is 2. The number of phenols is 3. The number of nitrogens with two attached hydrogens (primary N) is 1. The molecule has 0 saturated heterocycles. The number of nitrogens with zero attached hydrogens (tertiary/aromatic N) is 3. The summed E-state index contributed by atoms with van der Waals surface area (Å²) in [6, 6.07) is 0. The van der Waals surface area contributed by atoms with Crippen molar-refractivity contribution in [2.75, 3.05) is 12.4 Å². The Morgan fingerprint density at radius 1 is 1.03 bits per heavy atom. The topological polar surface area (TPSA) is 307 Å². The number of guanidine groups is 1. The van der Waals surface area contributed by atoms with E-state index in [-0.39, 0.29) is 22.4 Å². The molecule has 9 N–H and O–H groups in total. The number of ketones is 1. The number of phenolic OH excluding ortho intramolecular Hbond substituents is 3. The van der Waals surface area contributed by atoms with Gasteiger partial charge in [-0.25, -0.2) is 10.1 Å². The van der Waals surface area contributed by atoms with E-state index in [1.54, 1.807) is 39.2 Å². The lowest BCUT2D eigenvalue weighted by Gasteiger charge is -2.38. The summed E-state index contributed by atoms with van der Waals surface area (Å²) in [7, 11) is 1.39. The minimum Gasteiger partial charge on any atom is -0.507 e. The van der Waals surface area contributed by atoms with E-state index in [1.165, 1.54) is 53.0 Å². The maximum Gasteiger partial charge on any atom is 0.312 e. The number of hydrazine groups is 1. The van der Waals surface area contributed by atoms with Crippen molar-refractivity contribution in [3.8, 4) is 23.0 Å². The molecule has 2 aromatic carbocycles. The number of nitro groups is 1. The van der Waals surface area contributed by atoms with E-state index in [1.807, 2.05) is 0 Å². The van der Waals surface area contributed by atoms with Gasteiger partial charge in [-0.1, -0.05) is 51.3 Å². The van der Waals surface area contributed by atoms with Gasteiger partial charge in [-0.05, 0) is 19.9 Å². The summed E-state index contributed by atoms with van der Waals surface area (Å²) >= 11 is 0. The van der Waals surface area contributed by atoms with Gasteiger partial charge in [0, 0.05) is 61.2 Å². The van der Waals surface area contributed by atoms with Crippen LogP contribution in [0.1, 0.15) is 70.0 Å². The van der Waals surface area contributed by atoms with Gasteiger partial charge in [-0.15, -0.1) is 5.10 Å². The van der Waals surface area contributed by atoms with Crippen molar-refractivity contribution >= 4 is 46.3 Å². The highest BCUT2D eigenvalue weighted by atomic mass is 16.7. The Morgan fingerprint density at radius 2 is 1.69 bits per heavy atom. The molecule has 0 aliphatic carbocycles. The number of fused-ring (bicyclic) bond motifs is 14. The monoisotopic (exact) mass is 826 g/mol. The Bertz CT molecular complexity index is 2170. The Kier molecular flexibility index (Phi) is 14.0. The van der Waals surface area contributed by atoms with Crippen LogP contribution in [0.5, 0.6) is 23.0 Å². The van der Waals surface area contributed by atoms with Crippen LogP contribution in [0, 0.1) is 40.7 Å². The minimum absolute atomic E-state index is 0.0447. The molecule has 5 bridgehead atoms. The van der Waals surface area contributed by atoms with Crippen LogP contribution in [0.4, 0.5) is 5.69 Å². The molecule has 5 rings (SSSR count). The van der Waals surface area contributed by atoms with E-state index < -0.39 is 122 Å². The highest BCUT2D eigenvalue weighted by Gasteiger charge is 2.50. The van der Waals surface area contributed by atoms with Crippen molar-refractivity contribution in [1.29, 1.82) is 0 Å². The number of hydrogen-bond acceptors (Lipinski definition) is 16. The third kappa shape index (κ3) is 9.24. The predicted molar refractivity (Wildman–Crippen MR) is 213 cm³/mol. The molecular weight excluding hydrogens is 776 g/mol. The van der Waals surface area contributed by atoms with Gasteiger partial charge < -0.3 is 55.5 Å². The van der Waals surface area contributed by atoms with Crippen molar-refractivity contribution in [2.24, 2.45) is 39.6 Å². The molecule has 59 heavy (non-hydrogen) atoms. The molecule has 20 heteroatoms. The van der Waals surface area contributed by atoms with E-state index in [2.05, 4.69) is 15.5 Å². The first-order valence-corrected chi connectivity index (χ1v) is 18.4. The highest BCUT2D eigenvalue weighted by molar-refractivity contribution is 6.23. The molecule has 0 spiro atoms. The van der Waals surface area contributed by atoms with Gasteiger partial charge in [-0.2, -0.15) is 5.10 Å². The standard InChI is InChI=1S/C39H50N6O14/c1-16-11-10-12-17(2)37(53)42-28-23(15-41-43-38(40)44-45(54)55)32(50)25-26(33(28)51)31(49)21(6)35-27(25)36(52)39(8,59-35)57-14-13-24(56-9)18(3)34(58-22(7)46)20(5)30(48)19(4)29(16)47/h10-16,18-20,24,29-30,34,47-51H,1-9H3,(H,42,53)(H3,40,43,44)/b11-10+,14-13+,17-12+,41-15-. The van der Waals surface area contributed by atoms with Crippen LogP contribution in [0.2, 0.25) is 0 Å². The molecular formula is C39H50N6O14. The zero-order valence-corrected chi connectivity index (χ0v) is 33.9. The van der Waals surface area contributed by atoms with Crippen LogP contribution in [0.15, 0.2) is 46.3 Å². The van der Waals surface area contributed by atoms with Crippen LogP contribution in [-0.2, 0) is 23.8 Å². The third-order valence-corrected chi connectivity index (χ3v) is 10.6. The lowest BCUT2D eigenvalue weighted by atomic mass is 9.78. The second kappa shape index (κ2) is 18.1. The maximum atomic E-state index is 14.3. The Balaban J connectivity index is 1.99. The fraction of sp³-hybridized carbons (Fsp3) is 0.462. The van der Waals surface area contributed by atoms with Gasteiger partial charge in [0.25, 0.3) is 17.6 Å². The molecule has 1 amide bonds. The van der Waals surface area contributed by atoms with Crippen LogP contribution in [0.25, 0.3) is 10.8 Å². The van der Waals surface area contributed by atoms with Crippen LogP contribution >= 0.6 is 0 Å². The fourth-order valence-electron chi connectivity index (χ4n) is 7.14. The number of amides is 1. The van der Waals surface area contributed by atoms with E-state index in [0.29, 0.717) is 0 Å². The van der Waals surface area contributed by atoms with E-state index in [0.717, 1.165) is 12.5 Å². The number of carbonyl (C=O) groups is 3. The zero-order valence-electron chi connectivity index (χ0n) is 33.9. The molecule has 0 aromatic heterocycles. The molecule has 2 aromatic rings. The van der Waals surface area contributed by atoms with Crippen molar-refractivity contribution in [2.45, 2.75) is 85.6 Å². The molecule has 320 valence electrons. The number of aliphatic hydroxyl groups excluding tert-OH is 2. The predicted octanol–water partition coefficient (Wildman–Crippen LogP) is 3.18. The number of anilines is 1. The van der Waals surface area contributed by atoms with Crippen LogP contribution in [0.3, 0.4) is 0 Å². The quantitative estimate of drug-likeness (QED) is 0.0408. The third-order valence-electron chi connectivity index (χ3n) is 10.6. The van der Waals surface area contributed by atoms with Gasteiger partial charge in [0.05, 0.1) is 53.0 Å². The summed E-state index contributed by atoms with van der Waals surface area (Å²) in [4.78, 5) is 51.0. The summed E-state index contributed by atoms with van der Waals surface area (Å²) in [6.07, 6.45) is 3.73. The smallest absolute Gasteiger partial charge is 0.312 e. The Labute approximate surface area is 338 Å². The fourth-order valence-corrected chi connectivity index (χ4v) is 7.14. The molecule has 0 fully saturated rings. The Morgan fingerprint density at radius 3 is 2.31 bits per heavy atom. The molecule has 0 saturated carbocycles. The van der Waals surface area contributed by atoms with E-state index in [4.69, 9.17) is 24.7 Å². The molecule has 9 unspecified atom stereocenters.